The Kier molecular flexibility index (Phi) is 4.17. The van der Waals surface area contributed by atoms with E-state index in [0.29, 0.717) is 16.7 Å². The van der Waals surface area contributed by atoms with Crippen molar-refractivity contribution in [2.24, 2.45) is 5.73 Å². The van der Waals surface area contributed by atoms with Crippen molar-refractivity contribution in [2.45, 2.75) is 18.9 Å². The van der Waals surface area contributed by atoms with E-state index in [2.05, 4.69) is 10.5 Å². The lowest BCUT2D eigenvalue weighted by atomic mass is 10.1. The average molecular weight is 291 g/mol. The highest BCUT2D eigenvalue weighted by Crippen LogP contribution is 2.18. The van der Waals surface area contributed by atoms with E-state index in [-0.39, 0.29) is 6.42 Å². The number of primary amides is 1. The van der Waals surface area contributed by atoms with Crippen molar-refractivity contribution in [1.82, 2.24) is 10.5 Å². The molecule has 1 heterocycles. The second-order valence-electron chi connectivity index (χ2n) is 4.43. The van der Waals surface area contributed by atoms with Crippen LogP contribution in [0.3, 0.4) is 0 Å². The minimum Gasteiger partial charge on any atom is -0.480 e. The summed E-state index contributed by atoms with van der Waals surface area (Å²) in [6, 6.07) is 5.63. The van der Waals surface area contributed by atoms with Crippen LogP contribution >= 0.6 is 0 Å². The lowest BCUT2D eigenvalue weighted by Crippen LogP contribution is -2.43. The summed E-state index contributed by atoms with van der Waals surface area (Å²) >= 11 is 0. The van der Waals surface area contributed by atoms with Gasteiger partial charge in [-0.1, -0.05) is 17.3 Å². The summed E-state index contributed by atoms with van der Waals surface area (Å²) in [5.41, 5.74) is 5.87. The molecule has 0 spiro atoms. The molecule has 1 aromatic heterocycles. The van der Waals surface area contributed by atoms with Gasteiger partial charge < -0.3 is 20.7 Å². The fourth-order valence-corrected chi connectivity index (χ4v) is 1.86. The van der Waals surface area contributed by atoms with Crippen LogP contribution in [0.2, 0.25) is 0 Å². The monoisotopic (exact) mass is 291 g/mol. The van der Waals surface area contributed by atoms with Gasteiger partial charge in [0, 0.05) is 5.39 Å². The van der Waals surface area contributed by atoms with Crippen LogP contribution in [-0.4, -0.2) is 34.1 Å². The molecule has 0 fully saturated rings. The first kappa shape index (κ1) is 14.5. The first-order chi connectivity index (χ1) is 9.97. The second-order valence-corrected chi connectivity index (χ2v) is 4.43. The van der Waals surface area contributed by atoms with Crippen molar-refractivity contribution in [3.63, 3.8) is 0 Å². The van der Waals surface area contributed by atoms with Crippen molar-refractivity contribution in [3.8, 4) is 0 Å². The first-order valence-electron chi connectivity index (χ1n) is 6.11. The van der Waals surface area contributed by atoms with Gasteiger partial charge in [0.25, 0.3) is 0 Å². The summed E-state index contributed by atoms with van der Waals surface area (Å²) in [6.07, 6.45) is -0.625. The van der Waals surface area contributed by atoms with E-state index in [1.54, 1.807) is 24.3 Å². The maximum atomic E-state index is 11.8. The van der Waals surface area contributed by atoms with Crippen molar-refractivity contribution >= 4 is 28.8 Å². The molecule has 0 aliphatic carbocycles. The molecule has 2 aromatic rings. The van der Waals surface area contributed by atoms with Crippen LogP contribution < -0.4 is 11.1 Å². The molecule has 0 saturated carbocycles. The van der Waals surface area contributed by atoms with Gasteiger partial charge in [-0.05, 0) is 12.1 Å². The normalized spacial score (nSPS) is 12.0. The van der Waals surface area contributed by atoms with E-state index in [0.717, 1.165) is 0 Å². The number of hydrogen-bond acceptors (Lipinski definition) is 5. The van der Waals surface area contributed by atoms with Crippen molar-refractivity contribution in [2.75, 3.05) is 0 Å². The predicted molar refractivity (Wildman–Crippen MR) is 71.1 cm³/mol. The fraction of sp³-hybridized carbons (Fsp3) is 0.231. The van der Waals surface area contributed by atoms with Gasteiger partial charge in [-0.2, -0.15) is 0 Å². The molecule has 2 amide bonds. The van der Waals surface area contributed by atoms with Crippen molar-refractivity contribution in [1.29, 1.82) is 0 Å². The number of nitrogens with one attached hydrogen (secondary N) is 1. The number of benzene rings is 1. The summed E-state index contributed by atoms with van der Waals surface area (Å²) in [6.45, 7) is 0. The molecule has 110 valence electrons. The van der Waals surface area contributed by atoms with E-state index in [1.165, 1.54) is 0 Å². The lowest BCUT2D eigenvalue weighted by Gasteiger charge is -2.12. The molecular weight excluding hydrogens is 278 g/mol. The molecule has 8 nitrogen and oxygen atoms in total. The number of nitrogens with two attached hydrogens (primary N) is 1. The third kappa shape index (κ3) is 3.56. The number of aliphatic carboxylic acids is 1. The minimum absolute atomic E-state index is 0.153. The number of aromatic nitrogens is 1. The van der Waals surface area contributed by atoms with Crippen molar-refractivity contribution < 1.29 is 24.0 Å². The molecule has 21 heavy (non-hydrogen) atoms. The number of amides is 2. The summed E-state index contributed by atoms with van der Waals surface area (Å²) in [7, 11) is 0. The van der Waals surface area contributed by atoms with Gasteiger partial charge in [-0.15, -0.1) is 0 Å². The average Bonchev–Trinajstić information content (AvgIpc) is 2.81. The van der Waals surface area contributed by atoms with E-state index in [9.17, 15) is 14.4 Å². The van der Waals surface area contributed by atoms with Crippen LogP contribution in [0.15, 0.2) is 28.8 Å². The van der Waals surface area contributed by atoms with Gasteiger partial charge in [0.15, 0.2) is 5.58 Å². The fourth-order valence-electron chi connectivity index (χ4n) is 1.86. The van der Waals surface area contributed by atoms with Crippen LogP contribution in [0, 0.1) is 0 Å². The Balaban J connectivity index is 2.07. The Labute approximate surface area is 118 Å². The second kappa shape index (κ2) is 6.04. The molecule has 0 unspecified atom stereocenters. The van der Waals surface area contributed by atoms with Crippen LogP contribution in [0.25, 0.3) is 11.0 Å². The molecule has 0 saturated heterocycles. The van der Waals surface area contributed by atoms with E-state index in [4.69, 9.17) is 15.4 Å². The minimum atomic E-state index is -1.35. The van der Waals surface area contributed by atoms with E-state index in [1.807, 2.05) is 0 Å². The number of hydrogen-bond donors (Lipinski definition) is 3. The Morgan fingerprint density at radius 1 is 1.33 bits per heavy atom. The zero-order chi connectivity index (χ0) is 15.4. The predicted octanol–water partition coefficient (Wildman–Crippen LogP) is -0.185. The highest BCUT2D eigenvalue weighted by atomic mass is 16.5. The van der Waals surface area contributed by atoms with Crippen LogP contribution in [-0.2, 0) is 20.8 Å². The molecule has 8 heteroatoms. The molecular formula is C13H13N3O5. The number of carbonyl (C=O) groups excluding carboxylic acids is 2. The number of carboxylic acid groups (broad SMARTS) is 1. The zero-order valence-corrected chi connectivity index (χ0v) is 10.9. The Bertz CT molecular complexity index is 694. The largest absolute Gasteiger partial charge is 0.480 e. The van der Waals surface area contributed by atoms with Crippen LogP contribution in [0.4, 0.5) is 0 Å². The Hall–Kier alpha value is -2.90. The lowest BCUT2D eigenvalue weighted by molar-refractivity contribution is -0.143. The maximum Gasteiger partial charge on any atom is 0.326 e. The van der Waals surface area contributed by atoms with Gasteiger partial charge in [-0.25, -0.2) is 4.79 Å². The smallest absolute Gasteiger partial charge is 0.326 e. The van der Waals surface area contributed by atoms with Crippen molar-refractivity contribution in [3.05, 3.63) is 30.0 Å². The Morgan fingerprint density at radius 3 is 2.71 bits per heavy atom. The molecule has 0 radical (unpaired) electrons. The molecule has 0 aliphatic heterocycles. The summed E-state index contributed by atoms with van der Waals surface area (Å²) in [5, 5.41) is 15.6. The molecule has 1 aromatic carbocycles. The van der Waals surface area contributed by atoms with E-state index >= 15 is 0 Å². The highest BCUT2D eigenvalue weighted by Gasteiger charge is 2.23. The number of carbonyl (C=O) groups is 3. The number of rotatable bonds is 6. The topological polar surface area (TPSA) is 136 Å². The third-order valence-electron chi connectivity index (χ3n) is 2.82. The molecule has 1 atom stereocenters. The molecule has 0 bridgehead atoms. The summed E-state index contributed by atoms with van der Waals surface area (Å²) in [4.78, 5) is 33.5. The summed E-state index contributed by atoms with van der Waals surface area (Å²) < 4.78 is 5.05. The summed E-state index contributed by atoms with van der Waals surface area (Å²) in [5.74, 6) is -2.72. The van der Waals surface area contributed by atoms with E-state index < -0.39 is 30.2 Å². The molecule has 4 N–H and O–H groups in total. The highest BCUT2D eigenvalue weighted by molar-refractivity contribution is 5.90. The van der Waals surface area contributed by atoms with Crippen LogP contribution in [0.1, 0.15) is 12.1 Å². The van der Waals surface area contributed by atoms with Gasteiger partial charge in [-0.3, -0.25) is 9.59 Å². The number of fused-ring (bicyclic) bond motifs is 1. The number of carboxylic acids is 1. The molecule has 2 rings (SSSR count). The van der Waals surface area contributed by atoms with Crippen LogP contribution in [0.5, 0.6) is 0 Å². The number of para-hydroxylation sites is 1. The van der Waals surface area contributed by atoms with Gasteiger partial charge in [0.05, 0.1) is 12.8 Å². The zero-order valence-electron chi connectivity index (χ0n) is 10.9. The standard InChI is InChI=1S/C13H13N3O5/c14-11(17)5-9(13(19)20)15-12(18)6-8-7-3-1-2-4-10(7)21-16-8/h1-4,9H,5-6H2,(H2,14,17)(H,15,18)(H,19,20)/t9-/m1/s1. The third-order valence-corrected chi connectivity index (χ3v) is 2.82. The first-order valence-corrected chi connectivity index (χ1v) is 6.11. The Morgan fingerprint density at radius 2 is 2.05 bits per heavy atom. The maximum absolute atomic E-state index is 11.8. The van der Waals surface area contributed by atoms with Gasteiger partial charge in [0.1, 0.15) is 11.7 Å². The SMILES string of the molecule is NC(=O)C[C@@H](NC(=O)Cc1noc2ccccc12)C(=O)O. The van der Waals surface area contributed by atoms with Gasteiger partial charge >= 0.3 is 5.97 Å². The number of nitrogens with zero attached hydrogens (tertiary/aromatic N) is 1. The quantitative estimate of drug-likeness (QED) is 0.675. The van der Waals surface area contributed by atoms with Gasteiger partial charge in [0.2, 0.25) is 11.8 Å². The molecule has 0 aliphatic rings.